The molecule has 0 aliphatic carbocycles. The predicted molar refractivity (Wildman–Crippen MR) is 30.7 cm³/mol. The molecule has 0 spiro atoms. The number of hydrogen-bond donors (Lipinski definition) is 1. The van der Waals surface area contributed by atoms with Crippen LogP contribution in [0.3, 0.4) is 0 Å². The maximum atomic E-state index is 0. The van der Waals surface area contributed by atoms with E-state index in [2.05, 4.69) is 0 Å². The Morgan fingerprint density at radius 2 is 1.00 bits per heavy atom. The van der Waals surface area contributed by atoms with E-state index in [1.807, 2.05) is 0 Å². The fraction of sp³-hybridized carbons (Fsp3) is 0. The second-order valence-electron chi connectivity index (χ2n) is 0. The first kappa shape index (κ1) is 52.2. The third-order valence-corrected chi connectivity index (χ3v) is 0. The van der Waals surface area contributed by atoms with E-state index in [-0.39, 0.29) is 57.8 Å². The quantitative estimate of drug-likeness (QED) is 0.403. The molecule has 0 bridgehead atoms. The normalized spacial score (nSPS) is 0. The molecule has 0 saturated heterocycles. The van der Waals surface area contributed by atoms with Gasteiger partial charge in [0.25, 0.3) is 0 Å². The molecule has 0 fully saturated rings. The van der Waals surface area contributed by atoms with Crippen molar-refractivity contribution < 1.29 is 0 Å². The van der Waals surface area contributed by atoms with Crippen LogP contribution in [0.15, 0.2) is 0 Å². The van der Waals surface area contributed by atoms with Gasteiger partial charge in [0.2, 0.25) is 0 Å². The van der Waals surface area contributed by atoms with E-state index in [1.165, 1.54) is 0 Å². The summed E-state index contributed by atoms with van der Waals surface area (Å²) in [5, 5.41) is 0. The van der Waals surface area contributed by atoms with Gasteiger partial charge in [0, 0.05) is 8.41 Å². The van der Waals surface area contributed by atoms with Crippen molar-refractivity contribution in [2.24, 2.45) is 0 Å². The molecule has 0 aromatic heterocycles. The molecule has 0 aromatic rings. The van der Waals surface area contributed by atoms with Crippen molar-refractivity contribution in [3.8, 4) is 0 Å². The summed E-state index contributed by atoms with van der Waals surface area (Å²) in [6, 6.07) is 0. The molecule has 0 unspecified atom stereocenters. The SMILES string of the molecule is N.[AlH3].[B].[InH3]. The van der Waals surface area contributed by atoms with Crippen LogP contribution in [0, 0.1) is 0 Å². The fourth-order valence-electron chi connectivity index (χ4n) is 0. The van der Waals surface area contributed by atoms with E-state index in [1.54, 1.807) is 0 Å². The molecular formula is H9AlBInN. The van der Waals surface area contributed by atoms with Crippen LogP contribution in [-0.2, 0) is 0 Å². The Balaban J connectivity index is 0. The van der Waals surface area contributed by atoms with Gasteiger partial charge in [-0.15, -0.1) is 0 Å². The second-order valence-corrected chi connectivity index (χ2v) is 0. The summed E-state index contributed by atoms with van der Waals surface area (Å²) in [4.78, 5) is 0. The Morgan fingerprint density at radius 1 is 1.00 bits per heavy atom. The molecule has 3 radical (unpaired) electrons. The molecule has 3 N–H and O–H groups in total. The first-order chi connectivity index (χ1) is 0. The van der Waals surface area contributed by atoms with Gasteiger partial charge in [-0.2, -0.15) is 0 Å². The van der Waals surface area contributed by atoms with Crippen LogP contribution in [-0.4, -0.2) is 51.6 Å². The summed E-state index contributed by atoms with van der Waals surface area (Å²) in [5.74, 6) is 0. The molecule has 4 heavy (non-hydrogen) atoms. The van der Waals surface area contributed by atoms with E-state index in [4.69, 9.17) is 0 Å². The van der Waals surface area contributed by atoms with Gasteiger partial charge in [-0.3, -0.25) is 0 Å². The van der Waals surface area contributed by atoms with Crippen LogP contribution in [0.4, 0.5) is 0 Å². The zero-order chi connectivity index (χ0) is 0. The van der Waals surface area contributed by atoms with Crippen molar-refractivity contribution in [1.82, 2.24) is 6.15 Å². The average Bonchev–Trinajstić information content (AvgIpc) is 0. The van der Waals surface area contributed by atoms with E-state index < -0.39 is 0 Å². The predicted octanol–water partition coefficient (Wildman–Crippen LogP) is -2.59. The third kappa shape index (κ3) is 9.91. The van der Waals surface area contributed by atoms with Crippen LogP contribution in [0.1, 0.15) is 0 Å². The maximum absolute atomic E-state index is 0. The van der Waals surface area contributed by atoms with Crippen LogP contribution in [0.5, 0.6) is 0 Å². The van der Waals surface area contributed by atoms with E-state index in [0.717, 1.165) is 0 Å². The molecule has 0 rings (SSSR count). The van der Waals surface area contributed by atoms with E-state index in [0.29, 0.717) is 0 Å². The van der Waals surface area contributed by atoms with Gasteiger partial charge in [-0.25, -0.2) is 0 Å². The van der Waals surface area contributed by atoms with Gasteiger partial charge < -0.3 is 6.15 Å². The number of rotatable bonds is 0. The van der Waals surface area contributed by atoms with Crippen LogP contribution in [0.2, 0.25) is 0 Å². The molecule has 1 nitrogen and oxygen atoms in total. The van der Waals surface area contributed by atoms with E-state index >= 15 is 0 Å². The van der Waals surface area contributed by atoms with Crippen molar-refractivity contribution >= 4 is 51.6 Å². The molecule has 0 atom stereocenters. The van der Waals surface area contributed by atoms with Crippen molar-refractivity contribution in [2.75, 3.05) is 0 Å². The summed E-state index contributed by atoms with van der Waals surface area (Å²) < 4.78 is 0. The molecule has 23 valence electrons. The van der Waals surface area contributed by atoms with Crippen molar-refractivity contribution in [3.05, 3.63) is 0 Å². The first-order valence-corrected chi connectivity index (χ1v) is 0. The Labute approximate surface area is 57.6 Å². The molecule has 0 aliphatic rings. The standard InChI is InChI=1S/Al.B.In.H3N.6H/h;;;1H3;;;;;;. The summed E-state index contributed by atoms with van der Waals surface area (Å²) in [5.41, 5.74) is 0. The van der Waals surface area contributed by atoms with Gasteiger partial charge in [0.05, 0.1) is 0 Å². The monoisotopic (exact) mass is 176 g/mol. The summed E-state index contributed by atoms with van der Waals surface area (Å²) in [6.07, 6.45) is 0. The van der Waals surface area contributed by atoms with Gasteiger partial charge in [-0.1, -0.05) is 0 Å². The van der Waals surface area contributed by atoms with Crippen LogP contribution in [0.25, 0.3) is 0 Å². The van der Waals surface area contributed by atoms with Crippen molar-refractivity contribution in [2.45, 2.75) is 0 Å². The van der Waals surface area contributed by atoms with Gasteiger partial charge >= 0.3 is 25.8 Å². The molecule has 0 saturated carbocycles. The minimum absolute atomic E-state index is 0. The molecule has 0 heterocycles. The molecule has 0 aromatic carbocycles. The molecule has 0 amide bonds. The molecular weight excluding hydrogens is 167 g/mol. The van der Waals surface area contributed by atoms with Crippen molar-refractivity contribution in [1.29, 1.82) is 0 Å². The Hall–Kier alpha value is 1.43. The van der Waals surface area contributed by atoms with Gasteiger partial charge in [-0.05, 0) is 0 Å². The van der Waals surface area contributed by atoms with Gasteiger partial charge in [0.1, 0.15) is 0 Å². The Kier molecular flexibility index (Phi) is 333. The summed E-state index contributed by atoms with van der Waals surface area (Å²) in [6.45, 7) is 0. The topological polar surface area (TPSA) is 35.0 Å². The van der Waals surface area contributed by atoms with Crippen LogP contribution < -0.4 is 6.15 Å². The third-order valence-electron chi connectivity index (χ3n) is 0. The average molecular weight is 176 g/mol. The Bertz CT molecular complexity index is 8.00. The molecule has 0 aliphatic heterocycles. The zero-order valence-corrected chi connectivity index (χ0v) is 1.28. The van der Waals surface area contributed by atoms with Crippen molar-refractivity contribution in [3.63, 3.8) is 0 Å². The zero-order valence-electron chi connectivity index (χ0n) is 1.28. The van der Waals surface area contributed by atoms with E-state index in [9.17, 15) is 0 Å². The fourth-order valence-corrected chi connectivity index (χ4v) is 0. The molecule has 4 heteroatoms. The summed E-state index contributed by atoms with van der Waals surface area (Å²) in [7, 11) is 0. The summed E-state index contributed by atoms with van der Waals surface area (Å²) >= 11 is 0. The first-order valence-electron chi connectivity index (χ1n) is 0. The second kappa shape index (κ2) is 25.5. The Morgan fingerprint density at radius 3 is 1.00 bits per heavy atom. The van der Waals surface area contributed by atoms with Gasteiger partial charge in [0.15, 0.2) is 17.4 Å². The minimum atomic E-state index is 0. The number of hydrogen-bond acceptors (Lipinski definition) is 1. The van der Waals surface area contributed by atoms with Crippen LogP contribution >= 0.6 is 0 Å².